The number of halogens is 2. The minimum atomic E-state index is -3.56. The number of benzene rings is 1. The van der Waals surface area contributed by atoms with Gasteiger partial charge >= 0.3 is 0 Å². The molecule has 1 atom stereocenters. The molecule has 0 amide bonds. The van der Waals surface area contributed by atoms with E-state index >= 15 is 0 Å². The van der Waals surface area contributed by atoms with E-state index in [4.69, 9.17) is 0 Å². The van der Waals surface area contributed by atoms with Crippen LogP contribution in [0.1, 0.15) is 17.3 Å². The van der Waals surface area contributed by atoms with Gasteiger partial charge in [-0.3, -0.25) is 4.79 Å². The number of Topliss-reactive ketones (excluding diaryl/α,β-unsaturated/α-hetero) is 1. The quantitative estimate of drug-likeness (QED) is 0.632. The van der Waals surface area contributed by atoms with E-state index in [2.05, 4.69) is 15.9 Å². The molecule has 1 rings (SSSR count). The van der Waals surface area contributed by atoms with Gasteiger partial charge in [-0.05, 0) is 12.1 Å². The molecule has 6 heteroatoms. The lowest BCUT2D eigenvalue weighted by Crippen LogP contribution is -2.26. The van der Waals surface area contributed by atoms with Crippen molar-refractivity contribution in [2.75, 3.05) is 5.75 Å². The van der Waals surface area contributed by atoms with Gasteiger partial charge in [-0.25, -0.2) is 12.8 Å². The topological polar surface area (TPSA) is 51.2 Å². The first-order valence-corrected chi connectivity index (χ1v) is 7.17. The molecule has 0 heterocycles. The molecule has 0 unspecified atom stereocenters. The van der Waals surface area contributed by atoms with Gasteiger partial charge in [0, 0.05) is 5.75 Å². The van der Waals surface area contributed by atoms with Gasteiger partial charge in [0.15, 0.2) is 19.8 Å². The summed E-state index contributed by atoms with van der Waals surface area (Å²) in [7, 11) is -3.56. The van der Waals surface area contributed by atoms with Crippen LogP contribution in [0.5, 0.6) is 0 Å². The molecule has 16 heavy (non-hydrogen) atoms. The summed E-state index contributed by atoms with van der Waals surface area (Å²) in [4.78, 5) is 11.7. The number of hydrogen-bond donors (Lipinski definition) is 0. The molecule has 0 saturated heterocycles. The second kappa shape index (κ2) is 5.05. The molecule has 1 aromatic carbocycles. The molecule has 88 valence electrons. The summed E-state index contributed by atoms with van der Waals surface area (Å²) in [6.45, 7) is 1.43. The first kappa shape index (κ1) is 13.3. The fraction of sp³-hybridized carbons (Fsp3) is 0.300. The molecule has 0 aliphatic rings. The van der Waals surface area contributed by atoms with Crippen LogP contribution in [-0.4, -0.2) is 24.1 Å². The zero-order chi connectivity index (χ0) is 12.3. The molecule has 0 N–H and O–H groups in total. The third-order valence-corrected chi connectivity index (χ3v) is 5.84. The molecule has 0 fully saturated rings. The van der Waals surface area contributed by atoms with Crippen LogP contribution in [-0.2, 0) is 9.84 Å². The fourth-order valence-corrected chi connectivity index (χ4v) is 2.88. The average Bonchev–Trinajstić information content (AvgIpc) is 2.27. The van der Waals surface area contributed by atoms with E-state index in [0.29, 0.717) is 0 Å². The van der Waals surface area contributed by atoms with Crippen molar-refractivity contribution in [3.63, 3.8) is 0 Å². The van der Waals surface area contributed by atoms with Crippen molar-refractivity contribution in [2.45, 2.75) is 11.1 Å². The summed E-state index contributed by atoms with van der Waals surface area (Å²) in [5.41, 5.74) is -0.221. The highest BCUT2D eigenvalue weighted by molar-refractivity contribution is 9.11. The molecule has 3 nitrogen and oxygen atoms in total. The van der Waals surface area contributed by atoms with Gasteiger partial charge in [-0.15, -0.1) is 0 Å². The number of sulfone groups is 1. The molecule has 0 aromatic heterocycles. The van der Waals surface area contributed by atoms with Gasteiger partial charge in [0.2, 0.25) is 0 Å². The molecule has 0 saturated carbocycles. The zero-order valence-electron chi connectivity index (χ0n) is 8.48. The van der Waals surface area contributed by atoms with Gasteiger partial charge in [0.25, 0.3) is 0 Å². The second-order valence-electron chi connectivity index (χ2n) is 3.11. The summed E-state index contributed by atoms with van der Waals surface area (Å²) in [6.07, 6.45) is 0. The number of carbonyl (C=O) groups excluding carboxylic acids is 1. The Morgan fingerprint density at radius 3 is 2.50 bits per heavy atom. The van der Waals surface area contributed by atoms with E-state index in [1.54, 1.807) is 0 Å². The Labute approximate surface area is 102 Å². The monoisotopic (exact) mass is 308 g/mol. The number of hydrogen-bond acceptors (Lipinski definition) is 3. The summed E-state index contributed by atoms with van der Waals surface area (Å²) in [6, 6.07) is 5.29. The molecular formula is C10H10BrFO3S. The number of carbonyl (C=O) groups is 1. The third-order valence-electron chi connectivity index (χ3n) is 2.06. The Kier molecular flexibility index (Phi) is 4.21. The Bertz CT molecular complexity index is 499. The van der Waals surface area contributed by atoms with Crippen molar-refractivity contribution < 1.29 is 17.6 Å². The van der Waals surface area contributed by atoms with Gasteiger partial charge in [-0.1, -0.05) is 35.0 Å². The Morgan fingerprint density at radius 1 is 1.44 bits per heavy atom. The molecule has 0 bridgehead atoms. The number of ketones is 1. The first-order valence-electron chi connectivity index (χ1n) is 4.54. The SMILES string of the molecule is CCS(=O)(=O)[C@H](Br)C(=O)c1ccccc1F. The van der Waals surface area contributed by atoms with Crippen molar-refractivity contribution in [3.05, 3.63) is 35.6 Å². The molecule has 0 radical (unpaired) electrons. The fourth-order valence-electron chi connectivity index (χ4n) is 1.09. The molecular weight excluding hydrogens is 299 g/mol. The van der Waals surface area contributed by atoms with Crippen molar-refractivity contribution in [2.24, 2.45) is 0 Å². The van der Waals surface area contributed by atoms with Crippen LogP contribution in [0.25, 0.3) is 0 Å². The van der Waals surface area contributed by atoms with Crippen LogP contribution in [0, 0.1) is 5.82 Å². The second-order valence-corrected chi connectivity index (χ2v) is 7.01. The highest BCUT2D eigenvalue weighted by Crippen LogP contribution is 2.18. The van der Waals surface area contributed by atoms with Crippen molar-refractivity contribution in [1.82, 2.24) is 0 Å². The predicted molar refractivity (Wildman–Crippen MR) is 62.9 cm³/mol. The highest BCUT2D eigenvalue weighted by atomic mass is 79.9. The van der Waals surface area contributed by atoms with Crippen LogP contribution in [0.4, 0.5) is 4.39 Å². The smallest absolute Gasteiger partial charge is 0.194 e. The normalized spacial score (nSPS) is 13.4. The van der Waals surface area contributed by atoms with Crippen molar-refractivity contribution in [3.8, 4) is 0 Å². The minimum absolute atomic E-state index is 0.177. The summed E-state index contributed by atoms with van der Waals surface area (Å²) in [5.74, 6) is -1.67. The maximum atomic E-state index is 13.3. The third kappa shape index (κ3) is 2.68. The van der Waals surface area contributed by atoms with Gasteiger partial charge < -0.3 is 0 Å². The summed E-state index contributed by atoms with van der Waals surface area (Å²) >= 11 is 2.79. The molecule has 0 aliphatic heterocycles. The summed E-state index contributed by atoms with van der Waals surface area (Å²) in [5, 5.41) is 0. The molecule has 1 aromatic rings. The molecule has 0 spiro atoms. The minimum Gasteiger partial charge on any atom is -0.292 e. The van der Waals surface area contributed by atoms with E-state index in [-0.39, 0.29) is 11.3 Å². The number of alkyl halides is 1. The van der Waals surface area contributed by atoms with Crippen LogP contribution >= 0.6 is 15.9 Å². The van der Waals surface area contributed by atoms with Crippen LogP contribution in [0.15, 0.2) is 24.3 Å². The van der Waals surface area contributed by atoms with Crippen molar-refractivity contribution in [1.29, 1.82) is 0 Å². The standard InChI is InChI=1S/C10H10BrFO3S/c1-2-16(14,15)10(11)9(13)7-5-3-4-6-8(7)12/h3-6,10H,2H2,1H3/t10-/m0/s1. The van der Waals surface area contributed by atoms with Gasteiger partial charge in [0.1, 0.15) is 5.82 Å². The summed E-state index contributed by atoms with van der Waals surface area (Å²) < 4.78 is 34.7. The Balaban J connectivity index is 3.10. The van der Waals surface area contributed by atoms with E-state index in [0.717, 1.165) is 6.07 Å². The first-order chi connectivity index (χ1) is 7.40. The van der Waals surface area contributed by atoms with E-state index in [1.807, 2.05) is 0 Å². The van der Waals surface area contributed by atoms with E-state index < -0.39 is 25.6 Å². The lowest BCUT2D eigenvalue weighted by Gasteiger charge is -2.09. The number of rotatable bonds is 4. The predicted octanol–water partition coefficient (Wildman–Crippen LogP) is 2.16. The maximum absolute atomic E-state index is 13.3. The lowest BCUT2D eigenvalue weighted by molar-refractivity contribution is 0.101. The van der Waals surface area contributed by atoms with E-state index in [9.17, 15) is 17.6 Å². The van der Waals surface area contributed by atoms with Gasteiger partial charge in [0.05, 0.1) is 5.56 Å². The Hall–Kier alpha value is -0.750. The average molecular weight is 309 g/mol. The van der Waals surface area contributed by atoms with E-state index in [1.165, 1.54) is 25.1 Å². The van der Waals surface area contributed by atoms with Gasteiger partial charge in [-0.2, -0.15) is 0 Å². The largest absolute Gasteiger partial charge is 0.292 e. The molecule has 0 aliphatic carbocycles. The highest BCUT2D eigenvalue weighted by Gasteiger charge is 2.30. The zero-order valence-corrected chi connectivity index (χ0v) is 10.9. The van der Waals surface area contributed by atoms with Crippen LogP contribution in [0.2, 0.25) is 0 Å². The maximum Gasteiger partial charge on any atom is 0.194 e. The van der Waals surface area contributed by atoms with Crippen LogP contribution < -0.4 is 0 Å². The van der Waals surface area contributed by atoms with Crippen molar-refractivity contribution >= 4 is 31.6 Å². The lowest BCUT2D eigenvalue weighted by atomic mass is 10.1. The Morgan fingerprint density at radius 2 is 2.00 bits per heavy atom. The van der Waals surface area contributed by atoms with Crippen LogP contribution in [0.3, 0.4) is 0 Å².